The Balaban J connectivity index is 2.58. The molecule has 1 heterocycles. The summed E-state index contributed by atoms with van der Waals surface area (Å²) in [6, 6.07) is 0. The van der Waals surface area contributed by atoms with Gasteiger partial charge in [-0.05, 0) is 0 Å². The molecular weight excluding hydrogens is 195 g/mol. The SMILES string of the molecule is O=S1(=O)CCN(C(F)(F)F)CC1. The third-order valence-electron chi connectivity index (χ3n) is 1.70. The molecule has 0 unspecified atom stereocenters. The van der Waals surface area contributed by atoms with E-state index in [0.29, 0.717) is 0 Å². The summed E-state index contributed by atoms with van der Waals surface area (Å²) in [5.74, 6) is -0.793. The highest BCUT2D eigenvalue weighted by Crippen LogP contribution is 2.22. The molecule has 1 aliphatic rings. The molecule has 0 bridgehead atoms. The second kappa shape index (κ2) is 2.88. The van der Waals surface area contributed by atoms with E-state index in [1.54, 1.807) is 0 Å². The standard InChI is InChI=1S/C5H8F3NO2S/c6-5(7,8)9-1-3-12(10,11)4-2-9/h1-4H2. The van der Waals surface area contributed by atoms with Crippen LogP contribution >= 0.6 is 0 Å². The van der Waals surface area contributed by atoms with Crippen LogP contribution in [0.2, 0.25) is 0 Å². The molecule has 12 heavy (non-hydrogen) atoms. The van der Waals surface area contributed by atoms with Gasteiger partial charge in [0, 0.05) is 13.1 Å². The Morgan fingerprint density at radius 2 is 1.50 bits per heavy atom. The molecule has 0 aromatic heterocycles. The summed E-state index contributed by atoms with van der Waals surface area (Å²) in [6.07, 6.45) is -4.39. The predicted molar refractivity (Wildman–Crippen MR) is 36.3 cm³/mol. The summed E-state index contributed by atoms with van der Waals surface area (Å²) < 4.78 is 57.2. The highest BCUT2D eigenvalue weighted by atomic mass is 32.2. The molecule has 1 fully saturated rings. The Kier molecular flexibility index (Phi) is 2.35. The first-order chi connectivity index (χ1) is 5.31. The van der Waals surface area contributed by atoms with Crippen molar-refractivity contribution in [2.45, 2.75) is 6.30 Å². The van der Waals surface area contributed by atoms with Gasteiger partial charge in [0.1, 0.15) is 0 Å². The maximum absolute atomic E-state index is 11.9. The van der Waals surface area contributed by atoms with Gasteiger partial charge in [-0.2, -0.15) is 13.2 Å². The molecule has 0 atom stereocenters. The molecule has 0 aliphatic carbocycles. The first-order valence-corrected chi connectivity index (χ1v) is 5.16. The van der Waals surface area contributed by atoms with Crippen molar-refractivity contribution in [3.8, 4) is 0 Å². The van der Waals surface area contributed by atoms with E-state index in [4.69, 9.17) is 0 Å². The molecule has 0 spiro atoms. The molecule has 0 N–H and O–H groups in total. The van der Waals surface area contributed by atoms with E-state index in [0.717, 1.165) is 0 Å². The second-order valence-corrected chi connectivity index (χ2v) is 4.91. The molecule has 1 aliphatic heterocycles. The minimum atomic E-state index is -4.39. The van der Waals surface area contributed by atoms with Crippen molar-refractivity contribution in [3.63, 3.8) is 0 Å². The van der Waals surface area contributed by atoms with Gasteiger partial charge in [0.05, 0.1) is 11.5 Å². The third kappa shape index (κ3) is 2.34. The molecule has 0 amide bonds. The summed E-state index contributed by atoms with van der Waals surface area (Å²) in [7, 11) is -3.22. The van der Waals surface area contributed by atoms with E-state index in [9.17, 15) is 21.6 Å². The summed E-state index contributed by atoms with van der Waals surface area (Å²) in [5.41, 5.74) is 0. The van der Waals surface area contributed by atoms with Gasteiger partial charge in [-0.1, -0.05) is 0 Å². The van der Waals surface area contributed by atoms with Crippen LogP contribution in [0, 0.1) is 0 Å². The van der Waals surface area contributed by atoms with Crippen molar-refractivity contribution >= 4 is 9.84 Å². The van der Waals surface area contributed by atoms with Crippen molar-refractivity contribution in [3.05, 3.63) is 0 Å². The quantitative estimate of drug-likeness (QED) is 0.529. The maximum atomic E-state index is 11.9. The van der Waals surface area contributed by atoms with Crippen LogP contribution in [0.5, 0.6) is 0 Å². The lowest BCUT2D eigenvalue weighted by Gasteiger charge is -2.27. The van der Waals surface area contributed by atoms with Crippen LogP contribution in [0.15, 0.2) is 0 Å². The van der Waals surface area contributed by atoms with Crippen LogP contribution in [0.25, 0.3) is 0 Å². The lowest BCUT2D eigenvalue weighted by Crippen LogP contribution is -2.47. The zero-order valence-electron chi connectivity index (χ0n) is 6.13. The van der Waals surface area contributed by atoms with Crippen LogP contribution in [0.1, 0.15) is 0 Å². The lowest BCUT2D eigenvalue weighted by atomic mass is 10.5. The molecule has 72 valence electrons. The van der Waals surface area contributed by atoms with Crippen molar-refractivity contribution in [2.24, 2.45) is 0 Å². The van der Waals surface area contributed by atoms with E-state index >= 15 is 0 Å². The third-order valence-corrected chi connectivity index (χ3v) is 3.31. The summed E-state index contributed by atoms with van der Waals surface area (Å²) >= 11 is 0. The number of rotatable bonds is 0. The number of nitrogens with zero attached hydrogens (tertiary/aromatic N) is 1. The van der Waals surface area contributed by atoms with Crippen molar-refractivity contribution in [1.82, 2.24) is 4.90 Å². The molecule has 0 radical (unpaired) electrons. The van der Waals surface area contributed by atoms with Crippen LogP contribution in [-0.2, 0) is 9.84 Å². The van der Waals surface area contributed by atoms with Crippen molar-refractivity contribution < 1.29 is 21.6 Å². The smallest absolute Gasteiger partial charge is 0.229 e. The van der Waals surface area contributed by atoms with E-state index in [2.05, 4.69) is 0 Å². The molecule has 7 heteroatoms. The number of halogens is 3. The average Bonchev–Trinajstić information content (AvgIpc) is 1.83. The molecule has 1 rings (SSSR count). The summed E-state index contributed by atoms with van der Waals surface area (Å²) in [6.45, 7) is -0.877. The molecule has 1 saturated heterocycles. The van der Waals surface area contributed by atoms with E-state index < -0.39 is 40.7 Å². The fourth-order valence-corrected chi connectivity index (χ4v) is 2.17. The second-order valence-electron chi connectivity index (χ2n) is 2.61. The van der Waals surface area contributed by atoms with Crippen LogP contribution < -0.4 is 0 Å². The van der Waals surface area contributed by atoms with Gasteiger partial charge in [-0.15, -0.1) is 0 Å². The predicted octanol–water partition coefficient (Wildman–Crippen LogP) is 0.237. The number of hydrogen-bond acceptors (Lipinski definition) is 3. The minimum Gasteiger partial charge on any atom is -0.229 e. The number of alkyl halides is 3. The van der Waals surface area contributed by atoms with Gasteiger partial charge in [0.2, 0.25) is 0 Å². The van der Waals surface area contributed by atoms with Crippen LogP contribution in [0.3, 0.4) is 0 Å². The molecular formula is C5H8F3NO2S. The highest BCUT2D eigenvalue weighted by molar-refractivity contribution is 7.91. The zero-order chi connectivity index (χ0) is 9.41. The Hall–Kier alpha value is -0.300. The normalized spacial score (nSPS) is 25.6. The zero-order valence-corrected chi connectivity index (χ0v) is 6.95. The van der Waals surface area contributed by atoms with Gasteiger partial charge in [-0.3, -0.25) is 0 Å². The lowest BCUT2D eigenvalue weighted by molar-refractivity contribution is -0.242. The fourth-order valence-electron chi connectivity index (χ4n) is 0.966. The topological polar surface area (TPSA) is 37.4 Å². The number of sulfone groups is 1. The van der Waals surface area contributed by atoms with Gasteiger partial charge < -0.3 is 0 Å². The monoisotopic (exact) mass is 203 g/mol. The van der Waals surface area contributed by atoms with Crippen molar-refractivity contribution in [2.75, 3.05) is 24.6 Å². The van der Waals surface area contributed by atoms with Gasteiger partial charge >= 0.3 is 6.30 Å². The summed E-state index contributed by atoms with van der Waals surface area (Å²) in [4.78, 5) is 0.216. The van der Waals surface area contributed by atoms with E-state index in [1.807, 2.05) is 0 Å². The van der Waals surface area contributed by atoms with Gasteiger partial charge in [0.25, 0.3) is 0 Å². The van der Waals surface area contributed by atoms with E-state index in [1.165, 1.54) is 0 Å². The molecule has 0 aromatic rings. The molecule has 0 saturated carbocycles. The largest absolute Gasteiger partial charge is 0.459 e. The number of hydrogen-bond donors (Lipinski definition) is 0. The van der Waals surface area contributed by atoms with Crippen LogP contribution in [0.4, 0.5) is 13.2 Å². The van der Waals surface area contributed by atoms with E-state index in [-0.39, 0.29) is 4.90 Å². The van der Waals surface area contributed by atoms with Crippen LogP contribution in [-0.4, -0.2) is 44.2 Å². The fraction of sp³-hybridized carbons (Fsp3) is 1.00. The van der Waals surface area contributed by atoms with Crippen molar-refractivity contribution in [1.29, 1.82) is 0 Å². The van der Waals surface area contributed by atoms with Gasteiger partial charge in [0.15, 0.2) is 9.84 Å². The van der Waals surface area contributed by atoms with Gasteiger partial charge in [-0.25, -0.2) is 13.3 Å². The summed E-state index contributed by atoms with van der Waals surface area (Å²) in [5, 5.41) is 0. The average molecular weight is 203 g/mol. The maximum Gasteiger partial charge on any atom is 0.459 e. The Bertz CT molecular complexity index is 244. The first-order valence-electron chi connectivity index (χ1n) is 3.33. The molecule has 3 nitrogen and oxygen atoms in total. The molecule has 0 aromatic carbocycles. The highest BCUT2D eigenvalue weighted by Gasteiger charge is 2.40. The minimum absolute atomic E-state index is 0.216. The first kappa shape index (κ1) is 9.79. The Morgan fingerprint density at radius 1 is 1.08 bits per heavy atom. The Labute approximate surface area is 68.1 Å². The Morgan fingerprint density at radius 3 is 1.83 bits per heavy atom.